The number of benzene rings is 1. The van der Waals surface area contributed by atoms with E-state index in [-0.39, 0.29) is 12.0 Å². The highest BCUT2D eigenvalue weighted by Gasteiger charge is 2.15. The summed E-state index contributed by atoms with van der Waals surface area (Å²) < 4.78 is 5.55. The van der Waals surface area contributed by atoms with Gasteiger partial charge in [0.05, 0.1) is 12.7 Å². The first-order valence-corrected chi connectivity index (χ1v) is 7.48. The molecule has 6 heteroatoms. The summed E-state index contributed by atoms with van der Waals surface area (Å²) in [7, 11) is 0. The number of hydrogen-bond donors (Lipinski definition) is 3. The van der Waals surface area contributed by atoms with Gasteiger partial charge in [0, 0.05) is 12.2 Å². The van der Waals surface area contributed by atoms with Gasteiger partial charge in [-0.3, -0.25) is 10.1 Å². The van der Waals surface area contributed by atoms with E-state index in [4.69, 9.17) is 4.74 Å². The van der Waals surface area contributed by atoms with E-state index in [1.165, 1.54) is 0 Å². The number of imide groups is 1. The Morgan fingerprint density at radius 2 is 1.95 bits per heavy atom. The maximum atomic E-state index is 11.9. The number of urea groups is 1. The SMILES string of the molecule is CCNC(=O)NC(=O)[C@@H](C)Nc1cccc(COC(C)C)c1. The van der Waals surface area contributed by atoms with E-state index in [0.29, 0.717) is 13.2 Å². The zero-order valence-corrected chi connectivity index (χ0v) is 13.6. The third-order valence-corrected chi connectivity index (χ3v) is 2.86. The van der Waals surface area contributed by atoms with Gasteiger partial charge in [0.2, 0.25) is 5.91 Å². The highest BCUT2D eigenvalue weighted by Crippen LogP contribution is 2.13. The summed E-state index contributed by atoms with van der Waals surface area (Å²) in [5.74, 6) is -0.380. The average molecular weight is 307 g/mol. The molecule has 1 aromatic rings. The molecule has 3 N–H and O–H groups in total. The van der Waals surface area contributed by atoms with Crippen LogP contribution in [0.25, 0.3) is 0 Å². The molecule has 0 aliphatic rings. The molecular formula is C16H25N3O3. The second-order valence-electron chi connectivity index (χ2n) is 5.27. The Balaban J connectivity index is 2.56. The van der Waals surface area contributed by atoms with E-state index >= 15 is 0 Å². The summed E-state index contributed by atoms with van der Waals surface area (Å²) in [5.41, 5.74) is 1.83. The molecule has 1 rings (SSSR count). The maximum Gasteiger partial charge on any atom is 0.321 e. The number of amides is 3. The molecule has 0 radical (unpaired) electrons. The molecule has 1 aromatic carbocycles. The number of anilines is 1. The Morgan fingerprint density at radius 1 is 1.23 bits per heavy atom. The normalized spacial score (nSPS) is 11.9. The predicted octanol–water partition coefficient (Wildman–Crippen LogP) is 2.26. The lowest BCUT2D eigenvalue weighted by Gasteiger charge is -2.16. The number of nitrogens with one attached hydrogen (secondary N) is 3. The molecule has 0 aromatic heterocycles. The van der Waals surface area contributed by atoms with Crippen LogP contribution in [0.15, 0.2) is 24.3 Å². The molecule has 0 heterocycles. The van der Waals surface area contributed by atoms with E-state index in [2.05, 4.69) is 16.0 Å². The summed E-state index contributed by atoms with van der Waals surface area (Å²) in [6.45, 7) is 8.44. The molecule has 0 saturated carbocycles. The van der Waals surface area contributed by atoms with Crippen LogP contribution in [0.5, 0.6) is 0 Å². The summed E-state index contributed by atoms with van der Waals surface area (Å²) in [4.78, 5) is 23.2. The van der Waals surface area contributed by atoms with E-state index in [9.17, 15) is 9.59 Å². The van der Waals surface area contributed by atoms with E-state index in [1.54, 1.807) is 13.8 Å². The number of ether oxygens (including phenoxy) is 1. The largest absolute Gasteiger partial charge is 0.374 e. The first-order valence-electron chi connectivity index (χ1n) is 7.48. The molecule has 0 unspecified atom stereocenters. The van der Waals surface area contributed by atoms with Gasteiger partial charge in [-0.15, -0.1) is 0 Å². The van der Waals surface area contributed by atoms with Crippen molar-refractivity contribution in [3.63, 3.8) is 0 Å². The first-order chi connectivity index (χ1) is 10.4. The summed E-state index contributed by atoms with van der Waals surface area (Å²) in [6.07, 6.45) is 0.165. The highest BCUT2D eigenvalue weighted by atomic mass is 16.5. The van der Waals surface area contributed by atoms with Crippen molar-refractivity contribution in [3.05, 3.63) is 29.8 Å². The number of hydrogen-bond acceptors (Lipinski definition) is 4. The van der Waals surface area contributed by atoms with Crippen molar-refractivity contribution in [1.29, 1.82) is 0 Å². The quantitative estimate of drug-likeness (QED) is 0.722. The van der Waals surface area contributed by atoms with Crippen molar-refractivity contribution in [2.75, 3.05) is 11.9 Å². The van der Waals surface area contributed by atoms with Gasteiger partial charge in [-0.1, -0.05) is 12.1 Å². The molecule has 3 amide bonds. The molecule has 0 spiro atoms. The third-order valence-electron chi connectivity index (χ3n) is 2.86. The minimum Gasteiger partial charge on any atom is -0.374 e. The lowest BCUT2D eigenvalue weighted by molar-refractivity contribution is -0.120. The summed E-state index contributed by atoms with van der Waals surface area (Å²) in [5, 5.41) is 7.87. The van der Waals surface area contributed by atoms with Crippen LogP contribution >= 0.6 is 0 Å². The first kappa shape index (κ1) is 18.0. The van der Waals surface area contributed by atoms with Crippen LogP contribution in [0.1, 0.15) is 33.3 Å². The van der Waals surface area contributed by atoms with Gasteiger partial charge in [0.1, 0.15) is 6.04 Å². The van der Waals surface area contributed by atoms with Gasteiger partial charge in [-0.05, 0) is 45.4 Å². The average Bonchev–Trinajstić information content (AvgIpc) is 2.45. The van der Waals surface area contributed by atoms with Crippen LogP contribution in [-0.4, -0.2) is 30.6 Å². The predicted molar refractivity (Wildman–Crippen MR) is 86.7 cm³/mol. The maximum absolute atomic E-state index is 11.9. The van der Waals surface area contributed by atoms with Gasteiger partial charge < -0.3 is 15.4 Å². The van der Waals surface area contributed by atoms with Crippen molar-refractivity contribution >= 4 is 17.6 Å². The zero-order chi connectivity index (χ0) is 16.5. The molecule has 0 bridgehead atoms. The number of carbonyl (C=O) groups excluding carboxylic acids is 2. The van der Waals surface area contributed by atoms with Crippen molar-refractivity contribution in [2.24, 2.45) is 0 Å². The van der Waals surface area contributed by atoms with E-state index < -0.39 is 12.1 Å². The van der Waals surface area contributed by atoms with Crippen molar-refractivity contribution in [2.45, 2.75) is 46.4 Å². The van der Waals surface area contributed by atoms with Crippen LogP contribution in [-0.2, 0) is 16.1 Å². The summed E-state index contributed by atoms with van der Waals surface area (Å²) >= 11 is 0. The van der Waals surface area contributed by atoms with Gasteiger partial charge in [0.25, 0.3) is 0 Å². The molecule has 1 atom stereocenters. The van der Waals surface area contributed by atoms with Crippen molar-refractivity contribution < 1.29 is 14.3 Å². The van der Waals surface area contributed by atoms with Gasteiger partial charge in [-0.2, -0.15) is 0 Å². The van der Waals surface area contributed by atoms with Crippen LogP contribution < -0.4 is 16.0 Å². The third kappa shape index (κ3) is 6.58. The van der Waals surface area contributed by atoms with Crippen molar-refractivity contribution in [1.82, 2.24) is 10.6 Å². The van der Waals surface area contributed by atoms with E-state index in [1.807, 2.05) is 38.1 Å². The van der Waals surface area contributed by atoms with Gasteiger partial charge in [0.15, 0.2) is 0 Å². The van der Waals surface area contributed by atoms with Gasteiger partial charge in [-0.25, -0.2) is 4.79 Å². The van der Waals surface area contributed by atoms with Crippen LogP contribution in [0, 0.1) is 0 Å². The minimum absolute atomic E-state index is 0.165. The fourth-order valence-corrected chi connectivity index (χ4v) is 1.75. The Morgan fingerprint density at radius 3 is 2.59 bits per heavy atom. The Bertz CT molecular complexity index is 503. The number of rotatable bonds is 7. The Hall–Kier alpha value is -2.08. The Labute approximate surface area is 131 Å². The topological polar surface area (TPSA) is 79.5 Å². The molecule has 0 aliphatic carbocycles. The standard InChI is InChI=1S/C16H25N3O3/c1-5-17-16(21)19-15(20)12(4)18-14-8-6-7-13(9-14)10-22-11(2)3/h6-9,11-12,18H,5,10H2,1-4H3,(H2,17,19,20,21)/t12-/m1/s1. The molecule has 122 valence electrons. The van der Waals surface area contributed by atoms with E-state index in [0.717, 1.165) is 11.3 Å². The van der Waals surface area contributed by atoms with Gasteiger partial charge >= 0.3 is 6.03 Å². The monoisotopic (exact) mass is 307 g/mol. The molecular weight excluding hydrogens is 282 g/mol. The van der Waals surface area contributed by atoms with Crippen LogP contribution in [0.2, 0.25) is 0 Å². The Kier molecular flexibility index (Phi) is 7.39. The zero-order valence-electron chi connectivity index (χ0n) is 13.6. The molecule has 0 fully saturated rings. The summed E-state index contributed by atoms with van der Waals surface area (Å²) in [6, 6.07) is 6.65. The van der Waals surface area contributed by atoms with Crippen molar-refractivity contribution in [3.8, 4) is 0 Å². The lowest BCUT2D eigenvalue weighted by Crippen LogP contribution is -2.45. The smallest absolute Gasteiger partial charge is 0.321 e. The highest BCUT2D eigenvalue weighted by molar-refractivity contribution is 5.97. The lowest BCUT2D eigenvalue weighted by atomic mass is 10.2. The second kappa shape index (κ2) is 9.04. The molecule has 0 aliphatic heterocycles. The molecule has 0 saturated heterocycles. The molecule has 6 nitrogen and oxygen atoms in total. The van der Waals surface area contributed by atoms with Crippen LogP contribution in [0.4, 0.5) is 10.5 Å². The van der Waals surface area contributed by atoms with Crippen LogP contribution in [0.3, 0.4) is 0 Å². The minimum atomic E-state index is -0.524. The fourth-order valence-electron chi connectivity index (χ4n) is 1.75. The fraction of sp³-hybridized carbons (Fsp3) is 0.500. The number of carbonyl (C=O) groups is 2. The molecule has 22 heavy (non-hydrogen) atoms. The second-order valence-corrected chi connectivity index (χ2v) is 5.27.